The zero-order valence-corrected chi connectivity index (χ0v) is 9.97. The first kappa shape index (κ1) is 11.9. The molecule has 17 heavy (non-hydrogen) atoms. The Hall–Kier alpha value is -1.53. The Kier molecular flexibility index (Phi) is 3.35. The molecule has 1 aliphatic heterocycles. The number of carbonyl (C=O) groups excluding carboxylic acids is 3. The maximum atomic E-state index is 11.7. The summed E-state index contributed by atoms with van der Waals surface area (Å²) in [6.45, 7) is 0. The molecule has 1 fully saturated rings. The fourth-order valence-electron chi connectivity index (χ4n) is 1.27. The highest BCUT2D eigenvalue weighted by molar-refractivity contribution is 8.16. The quantitative estimate of drug-likeness (QED) is 0.801. The summed E-state index contributed by atoms with van der Waals surface area (Å²) in [7, 11) is 0. The number of amides is 3. The largest absolute Gasteiger partial charge is 0.325 e. The monoisotopic (exact) mass is 270 g/mol. The van der Waals surface area contributed by atoms with Gasteiger partial charge >= 0.3 is 0 Å². The van der Waals surface area contributed by atoms with Crippen LogP contribution < -0.4 is 10.6 Å². The molecule has 0 saturated carbocycles. The van der Waals surface area contributed by atoms with Crippen molar-refractivity contribution in [3.05, 3.63) is 29.3 Å². The van der Waals surface area contributed by atoms with E-state index in [2.05, 4.69) is 5.32 Å². The average Bonchev–Trinajstić information content (AvgIpc) is 2.61. The van der Waals surface area contributed by atoms with E-state index in [0.29, 0.717) is 22.5 Å². The van der Waals surface area contributed by atoms with E-state index in [9.17, 15) is 14.4 Å². The van der Waals surface area contributed by atoms with Crippen molar-refractivity contribution in [3.63, 3.8) is 0 Å². The topological polar surface area (TPSA) is 75.3 Å². The van der Waals surface area contributed by atoms with E-state index in [1.807, 2.05) is 5.32 Å². The van der Waals surface area contributed by atoms with Gasteiger partial charge in [-0.25, -0.2) is 0 Å². The van der Waals surface area contributed by atoms with Gasteiger partial charge in [0.25, 0.3) is 11.1 Å². The van der Waals surface area contributed by atoms with E-state index in [1.165, 1.54) is 0 Å². The van der Waals surface area contributed by atoms with Crippen molar-refractivity contribution in [2.45, 2.75) is 5.25 Å². The molecule has 0 bridgehead atoms. The normalized spacial score (nSPS) is 19.0. The number of thioether (sulfide) groups is 1. The van der Waals surface area contributed by atoms with E-state index in [1.54, 1.807) is 24.3 Å². The van der Waals surface area contributed by atoms with Gasteiger partial charge in [0.05, 0.1) is 0 Å². The Balaban J connectivity index is 2.04. The van der Waals surface area contributed by atoms with Crippen molar-refractivity contribution < 1.29 is 14.4 Å². The SMILES string of the molecule is O=C1NC(=O)C(C(=O)Nc2ccc(Cl)cc2)S1. The summed E-state index contributed by atoms with van der Waals surface area (Å²) in [5, 5.41) is 3.59. The van der Waals surface area contributed by atoms with Gasteiger partial charge in [-0.2, -0.15) is 0 Å². The number of rotatable bonds is 2. The molecule has 1 atom stereocenters. The van der Waals surface area contributed by atoms with E-state index in [0.717, 1.165) is 0 Å². The van der Waals surface area contributed by atoms with Crippen molar-refractivity contribution in [2.75, 3.05) is 5.32 Å². The lowest BCUT2D eigenvalue weighted by Crippen LogP contribution is -2.33. The van der Waals surface area contributed by atoms with Gasteiger partial charge in [0, 0.05) is 10.7 Å². The van der Waals surface area contributed by atoms with Gasteiger partial charge in [0.15, 0.2) is 5.25 Å². The van der Waals surface area contributed by atoms with E-state index >= 15 is 0 Å². The molecule has 1 heterocycles. The summed E-state index contributed by atoms with van der Waals surface area (Å²) < 4.78 is 0. The summed E-state index contributed by atoms with van der Waals surface area (Å²) in [5.41, 5.74) is 0.521. The first-order valence-electron chi connectivity index (χ1n) is 4.64. The van der Waals surface area contributed by atoms with Crippen LogP contribution in [0.2, 0.25) is 5.02 Å². The predicted molar refractivity (Wildman–Crippen MR) is 65.0 cm³/mol. The van der Waals surface area contributed by atoms with Crippen LogP contribution in [-0.2, 0) is 9.59 Å². The summed E-state index contributed by atoms with van der Waals surface area (Å²) in [6.07, 6.45) is 0. The number of hydrogen-bond donors (Lipinski definition) is 2. The second-order valence-corrected chi connectivity index (χ2v) is 4.79. The van der Waals surface area contributed by atoms with Gasteiger partial charge < -0.3 is 5.32 Å². The minimum Gasteiger partial charge on any atom is -0.325 e. The third-order valence-corrected chi connectivity index (χ3v) is 3.27. The first-order valence-corrected chi connectivity index (χ1v) is 5.90. The summed E-state index contributed by atoms with van der Waals surface area (Å²) in [5.74, 6) is -1.12. The molecule has 0 aromatic heterocycles. The number of imide groups is 1. The molecule has 0 aliphatic carbocycles. The highest BCUT2D eigenvalue weighted by Gasteiger charge is 2.37. The highest BCUT2D eigenvalue weighted by atomic mass is 35.5. The average molecular weight is 271 g/mol. The number of halogens is 1. The van der Waals surface area contributed by atoms with Crippen LogP contribution in [0.5, 0.6) is 0 Å². The van der Waals surface area contributed by atoms with Gasteiger partial charge in [0.2, 0.25) is 5.91 Å². The van der Waals surface area contributed by atoms with Crippen molar-refractivity contribution in [2.24, 2.45) is 0 Å². The fourth-order valence-corrected chi connectivity index (χ4v) is 2.10. The zero-order valence-electron chi connectivity index (χ0n) is 8.40. The number of nitrogens with one attached hydrogen (secondary N) is 2. The molecule has 88 valence electrons. The highest BCUT2D eigenvalue weighted by Crippen LogP contribution is 2.21. The maximum Gasteiger partial charge on any atom is 0.286 e. The van der Waals surface area contributed by atoms with Gasteiger partial charge in [-0.15, -0.1) is 0 Å². The van der Waals surface area contributed by atoms with E-state index in [-0.39, 0.29) is 0 Å². The molecule has 3 amide bonds. The lowest BCUT2D eigenvalue weighted by atomic mass is 10.3. The molecule has 2 rings (SSSR count). The van der Waals surface area contributed by atoms with Gasteiger partial charge in [-0.05, 0) is 36.0 Å². The molecule has 2 N–H and O–H groups in total. The Morgan fingerprint density at radius 1 is 1.29 bits per heavy atom. The molecule has 5 nitrogen and oxygen atoms in total. The number of benzene rings is 1. The van der Waals surface area contributed by atoms with Gasteiger partial charge in [-0.3, -0.25) is 19.7 Å². The molecular weight excluding hydrogens is 264 g/mol. The molecule has 1 aromatic carbocycles. The number of carbonyl (C=O) groups is 3. The van der Waals surface area contributed by atoms with Crippen LogP contribution in [0, 0.1) is 0 Å². The molecule has 0 radical (unpaired) electrons. The van der Waals surface area contributed by atoms with Crippen LogP contribution in [0.3, 0.4) is 0 Å². The van der Waals surface area contributed by atoms with E-state index < -0.39 is 22.3 Å². The Morgan fingerprint density at radius 2 is 1.94 bits per heavy atom. The Bertz CT molecular complexity index is 489. The van der Waals surface area contributed by atoms with Gasteiger partial charge in [-0.1, -0.05) is 11.6 Å². The molecule has 7 heteroatoms. The molecule has 1 aliphatic rings. The maximum absolute atomic E-state index is 11.7. The van der Waals surface area contributed by atoms with Crippen molar-refractivity contribution in [1.82, 2.24) is 5.32 Å². The Morgan fingerprint density at radius 3 is 2.47 bits per heavy atom. The van der Waals surface area contributed by atoms with Crippen molar-refractivity contribution in [3.8, 4) is 0 Å². The minimum absolute atomic E-state index is 0.508. The molecule has 1 aromatic rings. The summed E-state index contributed by atoms with van der Waals surface area (Å²) >= 11 is 6.36. The van der Waals surface area contributed by atoms with Crippen LogP contribution in [0.1, 0.15) is 0 Å². The van der Waals surface area contributed by atoms with Crippen molar-refractivity contribution >= 4 is 46.1 Å². The minimum atomic E-state index is -1.03. The van der Waals surface area contributed by atoms with Crippen LogP contribution in [0.25, 0.3) is 0 Å². The van der Waals surface area contributed by atoms with Crippen LogP contribution in [0.4, 0.5) is 10.5 Å². The third-order valence-electron chi connectivity index (χ3n) is 2.04. The predicted octanol–water partition coefficient (Wildman–Crippen LogP) is 1.63. The summed E-state index contributed by atoms with van der Waals surface area (Å²) in [6, 6.07) is 6.45. The fraction of sp³-hybridized carbons (Fsp3) is 0.100. The third kappa shape index (κ3) is 2.78. The molecule has 0 spiro atoms. The zero-order chi connectivity index (χ0) is 12.4. The Labute approximate surface area is 106 Å². The smallest absolute Gasteiger partial charge is 0.286 e. The van der Waals surface area contributed by atoms with Crippen molar-refractivity contribution in [1.29, 1.82) is 0 Å². The standard InChI is InChI=1S/C10H7ClN2O3S/c11-5-1-3-6(4-2-5)12-8(14)7-9(15)13-10(16)17-7/h1-4,7H,(H,12,14)(H,13,15,16). The number of hydrogen-bond acceptors (Lipinski definition) is 4. The van der Waals surface area contributed by atoms with E-state index in [4.69, 9.17) is 11.6 Å². The first-order chi connectivity index (χ1) is 8.06. The lowest BCUT2D eigenvalue weighted by Gasteiger charge is -2.07. The van der Waals surface area contributed by atoms with Crippen LogP contribution >= 0.6 is 23.4 Å². The number of anilines is 1. The second kappa shape index (κ2) is 4.77. The summed E-state index contributed by atoms with van der Waals surface area (Å²) in [4.78, 5) is 33.8. The molecular formula is C10H7ClN2O3S. The van der Waals surface area contributed by atoms with Crippen LogP contribution in [-0.4, -0.2) is 22.3 Å². The lowest BCUT2D eigenvalue weighted by molar-refractivity contribution is -0.124. The van der Waals surface area contributed by atoms with Crippen LogP contribution in [0.15, 0.2) is 24.3 Å². The molecule has 1 unspecified atom stereocenters. The van der Waals surface area contributed by atoms with Gasteiger partial charge in [0.1, 0.15) is 0 Å². The second-order valence-electron chi connectivity index (χ2n) is 3.27. The molecule has 1 saturated heterocycles.